The van der Waals surface area contributed by atoms with Crippen molar-refractivity contribution in [2.75, 3.05) is 19.8 Å². The van der Waals surface area contributed by atoms with Crippen LogP contribution in [0.3, 0.4) is 0 Å². The van der Waals surface area contributed by atoms with Crippen LogP contribution < -0.4 is 0 Å². The van der Waals surface area contributed by atoms with Crippen molar-refractivity contribution in [2.45, 2.75) is 77.3 Å². The molecule has 0 N–H and O–H groups in total. The molecule has 0 spiro atoms. The molecule has 0 aliphatic carbocycles. The number of hydrogen-bond acceptors (Lipinski definition) is 4. The maximum atomic E-state index is 11.3. The van der Waals surface area contributed by atoms with Gasteiger partial charge in [-0.15, -0.1) is 0 Å². The average molecular weight is 393 g/mol. The number of carbonyl (C=O) groups is 1. The predicted octanol–water partition coefficient (Wildman–Crippen LogP) is 5.00. The van der Waals surface area contributed by atoms with E-state index < -0.39 is 0 Å². The Labute approximate surface area is 150 Å². The molecule has 4 nitrogen and oxygen atoms in total. The van der Waals surface area contributed by atoms with Crippen LogP contribution in [0.2, 0.25) is 0 Å². The van der Waals surface area contributed by atoms with Gasteiger partial charge in [0.2, 0.25) is 0 Å². The second-order valence-corrected chi connectivity index (χ2v) is 6.74. The van der Waals surface area contributed by atoms with Crippen molar-refractivity contribution in [3.63, 3.8) is 0 Å². The summed E-state index contributed by atoms with van der Waals surface area (Å²) >= 11 is 3.49. The number of hydrogen-bond donors (Lipinski definition) is 0. The summed E-state index contributed by atoms with van der Waals surface area (Å²) in [5.41, 5.74) is 1.23. The summed E-state index contributed by atoms with van der Waals surface area (Å²) in [7, 11) is 0. The second-order valence-electron chi connectivity index (χ2n) is 5.72. The fourth-order valence-corrected chi connectivity index (χ4v) is 2.54. The van der Waals surface area contributed by atoms with Crippen molar-refractivity contribution in [1.29, 1.82) is 0 Å². The molecule has 136 valence electrons. The van der Waals surface area contributed by atoms with Crippen molar-refractivity contribution in [1.82, 2.24) is 0 Å². The van der Waals surface area contributed by atoms with Gasteiger partial charge in [0.25, 0.3) is 0 Å². The molecule has 0 bridgehead atoms. The number of esters is 1. The third-order valence-electron chi connectivity index (χ3n) is 3.37. The average Bonchev–Trinajstić information content (AvgIpc) is 2.50. The molecule has 0 aliphatic rings. The van der Waals surface area contributed by atoms with Crippen LogP contribution in [-0.4, -0.2) is 36.9 Å². The predicted molar refractivity (Wildman–Crippen MR) is 97.8 cm³/mol. The van der Waals surface area contributed by atoms with E-state index in [0.717, 1.165) is 38.7 Å². The van der Waals surface area contributed by atoms with Crippen LogP contribution >= 0.6 is 15.9 Å². The molecule has 0 heterocycles. The van der Waals surface area contributed by atoms with Gasteiger partial charge in [0, 0.05) is 13.0 Å². The Hall–Kier alpha value is -0.390. The highest BCUT2D eigenvalue weighted by atomic mass is 79.9. The summed E-state index contributed by atoms with van der Waals surface area (Å²) in [4.78, 5) is 11.3. The van der Waals surface area contributed by atoms with E-state index in [0.29, 0.717) is 19.6 Å². The molecule has 5 heteroatoms. The second kappa shape index (κ2) is 15.2. The highest BCUT2D eigenvalue weighted by molar-refractivity contribution is 9.09. The van der Waals surface area contributed by atoms with Crippen LogP contribution in [0.4, 0.5) is 0 Å². The van der Waals surface area contributed by atoms with Crippen molar-refractivity contribution >= 4 is 21.9 Å². The molecule has 0 saturated carbocycles. The number of alkyl halides is 1. The normalized spacial score (nSPS) is 14.6. The van der Waals surface area contributed by atoms with Crippen LogP contribution in [0, 0.1) is 0 Å². The minimum atomic E-state index is -0.123. The first-order valence-corrected chi connectivity index (χ1v) is 9.59. The van der Waals surface area contributed by atoms with Gasteiger partial charge in [-0.1, -0.05) is 40.9 Å². The van der Waals surface area contributed by atoms with Gasteiger partial charge in [-0.3, -0.25) is 4.79 Å². The van der Waals surface area contributed by atoms with E-state index in [1.54, 1.807) is 0 Å². The Bertz CT molecular complexity index is 331. The van der Waals surface area contributed by atoms with Crippen LogP contribution in [0.1, 0.15) is 66.2 Å². The Morgan fingerprint density at radius 3 is 2.65 bits per heavy atom. The molecule has 0 rings (SSSR count). The smallest absolute Gasteiger partial charge is 0.306 e. The van der Waals surface area contributed by atoms with Gasteiger partial charge < -0.3 is 14.2 Å². The first-order chi connectivity index (χ1) is 11.0. The lowest BCUT2D eigenvalue weighted by atomic mass is 10.1. The lowest BCUT2D eigenvalue weighted by molar-refractivity contribution is -0.143. The monoisotopic (exact) mass is 392 g/mol. The zero-order chi connectivity index (χ0) is 17.5. The summed E-state index contributed by atoms with van der Waals surface area (Å²) in [5, 5.41) is -0.0525. The maximum absolute atomic E-state index is 11.3. The van der Waals surface area contributed by atoms with Gasteiger partial charge in [0.1, 0.15) is 5.01 Å². The van der Waals surface area contributed by atoms with Gasteiger partial charge in [-0.25, -0.2) is 0 Å². The number of allylic oxidation sites excluding steroid dienone is 2. The molecule has 0 aliphatic heterocycles. The fourth-order valence-electron chi connectivity index (χ4n) is 1.98. The minimum absolute atomic E-state index is 0.0525. The molecule has 23 heavy (non-hydrogen) atoms. The zero-order valence-corrected chi connectivity index (χ0v) is 16.7. The third kappa shape index (κ3) is 14.9. The molecule has 2 atom stereocenters. The van der Waals surface area contributed by atoms with Gasteiger partial charge >= 0.3 is 5.97 Å². The molecule has 0 amide bonds. The molecule has 0 radical (unpaired) electrons. The first kappa shape index (κ1) is 22.6. The van der Waals surface area contributed by atoms with Gasteiger partial charge in [-0.2, -0.15) is 0 Å². The number of rotatable bonds is 14. The summed E-state index contributed by atoms with van der Waals surface area (Å²) < 4.78 is 16.3. The van der Waals surface area contributed by atoms with Crippen molar-refractivity contribution in [2.24, 2.45) is 0 Å². The van der Waals surface area contributed by atoms with Gasteiger partial charge in [0.05, 0.1) is 19.3 Å². The quantitative estimate of drug-likeness (QED) is 0.180. The molecule has 0 saturated heterocycles. The summed E-state index contributed by atoms with van der Waals surface area (Å²) in [6.45, 7) is 9.93. The molecule has 2 unspecified atom stereocenters. The number of ether oxygens (including phenoxy) is 3. The van der Waals surface area contributed by atoms with Crippen LogP contribution in [0.5, 0.6) is 0 Å². The zero-order valence-electron chi connectivity index (χ0n) is 15.1. The van der Waals surface area contributed by atoms with Gasteiger partial charge in [-0.05, 0) is 46.5 Å². The SMILES string of the molecule is CCCCOCC(Br)OC(C)CCC=C(C)CCC(=O)OCC. The molecule has 0 aromatic carbocycles. The summed E-state index contributed by atoms with van der Waals surface area (Å²) in [5.74, 6) is -0.123. The highest BCUT2D eigenvalue weighted by Crippen LogP contribution is 2.13. The van der Waals surface area contributed by atoms with Crippen molar-refractivity contribution < 1.29 is 19.0 Å². The van der Waals surface area contributed by atoms with E-state index in [1.165, 1.54) is 5.57 Å². The number of halogens is 1. The maximum Gasteiger partial charge on any atom is 0.306 e. The highest BCUT2D eigenvalue weighted by Gasteiger charge is 2.10. The Morgan fingerprint density at radius 1 is 1.26 bits per heavy atom. The van der Waals surface area contributed by atoms with Crippen LogP contribution in [0.25, 0.3) is 0 Å². The fraction of sp³-hybridized carbons (Fsp3) is 0.833. The van der Waals surface area contributed by atoms with Gasteiger partial charge in [0.15, 0.2) is 0 Å². The molecular weight excluding hydrogens is 360 g/mol. The molecular formula is C18H33BrO4. The van der Waals surface area contributed by atoms with E-state index in [1.807, 2.05) is 6.92 Å². The number of unbranched alkanes of at least 4 members (excludes halogenated alkanes) is 1. The lowest BCUT2D eigenvalue weighted by Gasteiger charge is -2.17. The van der Waals surface area contributed by atoms with E-state index in [9.17, 15) is 4.79 Å². The number of carbonyl (C=O) groups excluding carboxylic acids is 1. The third-order valence-corrected chi connectivity index (χ3v) is 3.85. The topological polar surface area (TPSA) is 44.8 Å². The van der Waals surface area contributed by atoms with Crippen LogP contribution in [-0.2, 0) is 19.0 Å². The van der Waals surface area contributed by atoms with E-state index in [2.05, 4.69) is 42.8 Å². The molecule has 0 aromatic heterocycles. The molecule has 0 aromatic rings. The standard InChI is InChI=1S/C18H33BrO4/c1-5-7-13-21-14-17(19)23-16(4)10-8-9-15(3)11-12-18(20)22-6-2/h9,16-17H,5-8,10-14H2,1-4H3. The van der Waals surface area contributed by atoms with E-state index >= 15 is 0 Å². The lowest BCUT2D eigenvalue weighted by Crippen LogP contribution is -2.19. The van der Waals surface area contributed by atoms with Crippen molar-refractivity contribution in [3.8, 4) is 0 Å². The van der Waals surface area contributed by atoms with Crippen LogP contribution in [0.15, 0.2) is 11.6 Å². The Morgan fingerprint density at radius 2 is 2.00 bits per heavy atom. The largest absolute Gasteiger partial charge is 0.466 e. The Kier molecular flexibility index (Phi) is 14.9. The van der Waals surface area contributed by atoms with E-state index in [-0.39, 0.29) is 17.1 Å². The first-order valence-electron chi connectivity index (χ1n) is 8.68. The summed E-state index contributed by atoms with van der Waals surface area (Å²) in [6, 6.07) is 0. The summed E-state index contributed by atoms with van der Waals surface area (Å²) in [6.07, 6.45) is 7.71. The van der Waals surface area contributed by atoms with E-state index in [4.69, 9.17) is 14.2 Å². The van der Waals surface area contributed by atoms with Crippen molar-refractivity contribution in [3.05, 3.63) is 11.6 Å². The Balaban J connectivity index is 3.76. The molecule has 0 fully saturated rings. The minimum Gasteiger partial charge on any atom is -0.466 e.